The summed E-state index contributed by atoms with van der Waals surface area (Å²) in [4.78, 5) is 29.7. The van der Waals surface area contributed by atoms with E-state index in [1.165, 1.54) is 4.90 Å². The lowest BCUT2D eigenvalue weighted by Gasteiger charge is -2.25. The molecule has 2 aromatic heterocycles. The predicted molar refractivity (Wildman–Crippen MR) is 85.4 cm³/mol. The average molecular weight is 319 g/mol. The van der Waals surface area contributed by atoms with E-state index in [2.05, 4.69) is 4.98 Å². The number of anilines is 1. The second kappa shape index (κ2) is 6.68. The molecule has 1 amide bonds. The summed E-state index contributed by atoms with van der Waals surface area (Å²) < 4.78 is 12.0. The van der Waals surface area contributed by atoms with Crippen LogP contribution in [-0.4, -0.2) is 40.2 Å². The number of imidazole rings is 1. The maximum Gasteiger partial charge on any atom is 0.417 e. The predicted octanol–water partition coefficient (Wildman–Crippen LogP) is 2.64. The van der Waals surface area contributed by atoms with Crippen LogP contribution in [0.2, 0.25) is 0 Å². The van der Waals surface area contributed by atoms with Gasteiger partial charge in [0, 0.05) is 6.20 Å². The van der Waals surface area contributed by atoms with Crippen LogP contribution in [0.25, 0.3) is 5.52 Å². The van der Waals surface area contributed by atoms with Gasteiger partial charge in [-0.25, -0.2) is 14.7 Å². The van der Waals surface area contributed by atoms with E-state index in [0.717, 1.165) is 5.52 Å². The fraction of sp³-hybridized carbons (Fsp3) is 0.438. The maximum atomic E-state index is 12.5. The number of carbonyl (C=O) groups is 2. The van der Waals surface area contributed by atoms with Crippen LogP contribution in [0.5, 0.6) is 0 Å². The van der Waals surface area contributed by atoms with Crippen LogP contribution in [-0.2, 0) is 14.3 Å². The van der Waals surface area contributed by atoms with E-state index in [-0.39, 0.29) is 13.2 Å². The number of pyridine rings is 1. The molecule has 2 heterocycles. The third kappa shape index (κ3) is 4.21. The summed E-state index contributed by atoms with van der Waals surface area (Å²) in [5.41, 5.74) is 0.122. The Bertz CT molecular complexity index is 703. The van der Waals surface area contributed by atoms with Crippen LogP contribution in [0.3, 0.4) is 0 Å². The fourth-order valence-electron chi connectivity index (χ4n) is 2.00. The van der Waals surface area contributed by atoms with E-state index < -0.39 is 17.7 Å². The SMILES string of the molecule is CCOC(=O)CN(C(=O)OC(C)(C)C)c1ncc2ccccn12. The highest BCUT2D eigenvalue weighted by Crippen LogP contribution is 2.19. The Kier molecular flexibility index (Phi) is 4.88. The van der Waals surface area contributed by atoms with Crippen LogP contribution >= 0.6 is 0 Å². The monoisotopic (exact) mass is 319 g/mol. The van der Waals surface area contributed by atoms with E-state index in [1.54, 1.807) is 44.5 Å². The number of ether oxygens (including phenoxy) is 2. The molecular formula is C16H21N3O4. The number of aromatic nitrogens is 2. The van der Waals surface area contributed by atoms with E-state index in [4.69, 9.17) is 9.47 Å². The van der Waals surface area contributed by atoms with Crippen molar-refractivity contribution < 1.29 is 19.1 Å². The molecule has 0 spiro atoms. The summed E-state index contributed by atoms with van der Waals surface area (Å²) in [6.07, 6.45) is 2.74. The molecule has 0 aromatic carbocycles. The van der Waals surface area contributed by atoms with Crippen LogP contribution in [0.15, 0.2) is 30.6 Å². The topological polar surface area (TPSA) is 73.1 Å². The Hall–Kier alpha value is -2.57. The van der Waals surface area contributed by atoms with Gasteiger partial charge in [0.05, 0.1) is 18.3 Å². The summed E-state index contributed by atoms with van der Waals surface area (Å²) in [6, 6.07) is 5.54. The zero-order valence-corrected chi connectivity index (χ0v) is 13.8. The van der Waals surface area contributed by atoms with Crippen molar-refractivity contribution in [1.29, 1.82) is 0 Å². The van der Waals surface area contributed by atoms with Gasteiger partial charge in [0.25, 0.3) is 0 Å². The summed E-state index contributed by atoms with van der Waals surface area (Å²) in [6.45, 7) is 6.96. The van der Waals surface area contributed by atoms with E-state index in [0.29, 0.717) is 5.95 Å². The van der Waals surface area contributed by atoms with Gasteiger partial charge in [-0.05, 0) is 39.8 Å². The molecule has 0 aliphatic rings. The lowest BCUT2D eigenvalue weighted by molar-refractivity contribution is -0.141. The van der Waals surface area contributed by atoms with Gasteiger partial charge in [0.2, 0.25) is 5.95 Å². The van der Waals surface area contributed by atoms with Gasteiger partial charge in [-0.1, -0.05) is 6.07 Å². The lowest BCUT2D eigenvalue weighted by Crippen LogP contribution is -2.41. The Labute approximate surface area is 134 Å². The molecule has 0 aliphatic heterocycles. The van der Waals surface area contributed by atoms with Crippen molar-refractivity contribution in [2.24, 2.45) is 0 Å². The van der Waals surface area contributed by atoms with Gasteiger partial charge in [-0.2, -0.15) is 0 Å². The van der Waals surface area contributed by atoms with Gasteiger partial charge in [0.15, 0.2) is 0 Å². The molecule has 0 unspecified atom stereocenters. The van der Waals surface area contributed by atoms with Gasteiger partial charge < -0.3 is 9.47 Å². The number of fused-ring (bicyclic) bond motifs is 1. The summed E-state index contributed by atoms with van der Waals surface area (Å²) in [7, 11) is 0. The van der Waals surface area contributed by atoms with Gasteiger partial charge in [0.1, 0.15) is 12.1 Å². The Balaban J connectivity index is 2.36. The fourth-order valence-corrected chi connectivity index (χ4v) is 2.00. The molecule has 2 aromatic rings. The second-order valence-corrected chi connectivity index (χ2v) is 5.93. The standard InChI is InChI=1S/C16H21N3O4/c1-5-22-13(20)11-19(15(21)23-16(2,3)4)14-17-10-12-8-6-7-9-18(12)14/h6-10H,5,11H2,1-4H3. The van der Waals surface area contributed by atoms with Crippen LogP contribution in [0.1, 0.15) is 27.7 Å². The molecule has 7 nitrogen and oxygen atoms in total. The highest BCUT2D eigenvalue weighted by atomic mass is 16.6. The lowest BCUT2D eigenvalue weighted by atomic mass is 10.2. The zero-order valence-electron chi connectivity index (χ0n) is 13.8. The third-order valence-corrected chi connectivity index (χ3v) is 2.87. The molecule has 0 saturated heterocycles. The van der Waals surface area contributed by atoms with Crippen LogP contribution < -0.4 is 4.90 Å². The van der Waals surface area contributed by atoms with Crippen molar-refractivity contribution in [2.45, 2.75) is 33.3 Å². The van der Waals surface area contributed by atoms with E-state index in [9.17, 15) is 9.59 Å². The minimum atomic E-state index is -0.683. The molecular weight excluding hydrogens is 298 g/mol. The first-order valence-corrected chi connectivity index (χ1v) is 7.40. The minimum absolute atomic E-state index is 0.239. The van der Waals surface area contributed by atoms with Crippen molar-refractivity contribution in [3.8, 4) is 0 Å². The molecule has 0 saturated carbocycles. The number of carbonyl (C=O) groups excluding carboxylic acids is 2. The van der Waals surface area contributed by atoms with Gasteiger partial charge in [-0.15, -0.1) is 0 Å². The van der Waals surface area contributed by atoms with Gasteiger partial charge >= 0.3 is 12.1 Å². The molecule has 124 valence electrons. The highest BCUT2D eigenvalue weighted by Gasteiger charge is 2.28. The molecule has 0 atom stereocenters. The Morgan fingerprint density at radius 2 is 2.04 bits per heavy atom. The first-order chi connectivity index (χ1) is 10.8. The van der Waals surface area contributed by atoms with Gasteiger partial charge in [-0.3, -0.25) is 9.20 Å². The minimum Gasteiger partial charge on any atom is -0.465 e. The smallest absolute Gasteiger partial charge is 0.417 e. The van der Waals surface area contributed by atoms with Crippen molar-refractivity contribution in [3.63, 3.8) is 0 Å². The molecule has 7 heteroatoms. The van der Waals surface area contributed by atoms with E-state index >= 15 is 0 Å². The number of amides is 1. The second-order valence-electron chi connectivity index (χ2n) is 5.93. The number of hydrogen-bond acceptors (Lipinski definition) is 5. The van der Waals surface area contributed by atoms with Crippen molar-refractivity contribution in [3.05, 3.63) is 30.6 Å². The van der Waals surface area contributed by atoms with Crippen molar-refractivity contribution in [2.75, 3.05) is 18.1 Å². The summed E-state index contributed by atoms with van der Waals surface area (Å²) >= 11 is 0. The quantitative estimate of drug-likeness (QED) is 0.810. The number of hydrogen-bond donors (Lipinski definition) is 0. The molecule has 0 radical (unpaired) electrons. The van der Waals surface area contributed by atoms with Crippen LogP contribution in [0.4, 0.5) is 10.7 Å². The maximum absolute atomic E-state index is 12.5. The molecule has 23 heavy (non-hydrogen) atoms. The van der Waals surface area contributed by atoms with Crippen LogP contribution in [0, 0.1) is 0 Å². The summed E-state index contributed by atoms with van der Waals surface area (Å²) in [5, 5.41) is 0. The first-order valence-electron chi connectivity index (χ1n) is 7.40. The largest absolute Gasteiger partial charge is 0.465 e. The molecule has 0 aliphatic carbocycles. The summed E-state index contributed by atoms with van der Waals surface area (Å²) in [5.74, 6) is -0.214. The number of nitrogens with zero attached hydrogens (tertiary/aromatic N) is 3. The normalized spacial score (nSPS) is 11.3. The number of esters is 1. The Morgan fingerprint density at radius 1 is 1.30 bits per heavy atom. The van der Waals surface area contributed by atoms with Crippen molar-refractivity contribution >= 4 is 23.5 Å². The third-order valence-electron chi connectivity index (χ3n) is 2.87. The average Bonchev–Trinajstić information content (AvgIpc) is 2.87. The highest BCUT2D eigenvalue weighted by molar-refractivity contribution is 5.92. The number of rotatable bonds is 4. The van der Waals surface area contributed by atoms with Crippen molar-refractivity contribution in [1.82, 2.24) is 9.38 Å². The molecule has 0 fully saturated rings. The Morgan fingerprint density at radius 3 is 2.70 bits per heavy atom. The van der Waals surface area contributed by atoms with E-state index in [1.807, 2.05) is 18.2 Å². The first kappa shape index (κ1) is 16.8. The zero-order chi connectivity index (χ0) is 17.0. The molecule has 0 N–H and O–H groups in total. The molecule has 0 bridgehead atoms. The molecule has 2 rings (SSSR count).